The Morgan fingerprint density at radius 3 is 2.80 bits per heavy atom. The second-order valence-electron chi connectivity index (χ2n) is 4.72. The van der Waals surface area contributed by atoms with Crippen LogP contribution in [0, 0.1) is 3.70 Å². The van der Waals surface area contributed by atoms with E-state index in [0.29, 0.717) is 0 Å². The zero-order chi connectivity index (χ0) is 10.4. The van der Waals surface area contributed by atoms with E-state index in [-0.39, 0.29) is 0 Å². The molecule has 3 heterocycles. The summed E-state index contributed by atoms with van der Waals surface area (Å²) in [5.41, 5.74) is 1.44. The van der Waals surface area contributed by atoms with Crippen molar-refractivity contribution >= 4 is 22.6 Å². The van der Waals surface area contributed by atoms with Crippen LogP contribution in [0.5, 0.6) is 0 Å². The second kappa shape index (κ2) is 3.70. The van der Waals surface area contributed by atoms with Gasteiger partial charge in [0, 0.05) is 24.2 Å². The van der Waals surface area contributed by atoms with Crippen molar-refractivity contribution in [3.63, 3.8) is 0 Å². The summed E-state index contributed by atoms with van der Waals surface area (Å²) in [6.07, 6.45) is 6.18. The number of pyridine rings is 1. The Hall–Kier alpha value is -0.160. The zero-order valence-electron chi connectivity index (χ0n) is 8.86. The first-order valence-electron chi connectivity index (χ1n) is 5.59. The fourth-order valence-electron chi connectivity index (χ4n) is 3.23. The summed E-state index contributed by atoms with van der Waals surface area (Å²) in [4.78, 5) is 6.97. The van der Waals surface area contributed by atoms with Gasteiger partial charge in [-0.25, -0.2) is 0 Å². The van der Waals surface area contributed by atoms with Crippen LogP contribution in [0.3, 0.4) is 0 Å². The molecule has 3 atom stereocenters. The number of hydrogen-bond acceptors (Lipinski definition) is 2. The quantitative estimate of drug-likeness (QED) is 0.585. The largest absolute Gasteiger partial charge is 0.300 e. The van der Waals surface area contributed by atoms with Crippen LogP contribution >= 0.6 is 22.6 Å². The Balaban J connectivity index is 1.87. The normalized spacial score (nSPS) is 34.9. The van der Waals surface area contributed by atoms with Gasteiger partial charge in [0.15, 0.2) is 0 Å². The van der Waals surface area contributed by atoms with E-state index < -0.39 is 0 Å². The Morgan fingerprint density at radius 2 is 2.27 bits per heavy atom. The third-order valence-electron chi connectivity index (χ3n) is 4.06. The van der Waals surface area contributed by atoms with Gasteiger partial charge in [0.2, 0.25) is 0 Å². The first-order chi connectivity index (χ1) is 7.25. The fraction of sp³-hybridized carbons (Fsp3) is 0.583. The molecule has 2 nitrogen and oxygen atoms in total. The topological polar surface area (TPSA) is 16.1 Å². The molecule has 1 aromatic heterocycles. The lowest BCUT2D eigenvalue weighted by Crippen LogP contribution is -2.25. The van der Waals surface area contributed by atoms with Gasteiger partial charge < -0.3 is 0 Å². The highest BCUT2D eigenvalue weighted by Gasteiger charge is 2.44. The lowest BCUT2D eigenvalue weighted by atomic mass is 9.85. The van der Waals surface area contributed by atoms with Gasteiger partial charge >= 0.3 is 0 Å². The van der Waals surface area contributed by atoms with Crippen molar-refractivity contribution in [3.05, 3.63) is 27.6 Å². The SMILES string of the molecule is CN1[C@@H]2CC[C@H]1[C@H](c1ccc(I)nc1)C2. The van der Waals surface area contributed by atoms with Crippen molar-refractivity contribution in [3.8, 4) is 0 Å². The van der Waals surface area contributed by atoms with Gasteiger partial charge in [-0.2, -0.15) is 0 Å². The molecule has 0 radical (unpaired) electrons. The van der Waals surface area contributed by atoms with Crippen molar-refractivity contribution in [2.24, 2.45) is 0 Å². The Bertz CT molecular complexity index is 362. The number of nitrogens with zero attached hydrogens (tertiary/aromatic N) is 2. The maximum atomic E-state index is 4.40. The van der Waals surface area contributed by atoms with Crippen LogP contribution < -0.4 is 0 Å². The van der Waals surface area contributed by atoms with Crippen LogP contribution in [0.1, 0.15) is 30.7 Å². The monoisotopic (exact) mass is 314 g/mol. The van der Waals surface area contributed by atoms with Crippen molar-refractivity contribution in [2.75, 3.05) is 7.05 Å². The van der Waals surface area contributed by atoms with Gasteiger partial charge in [-0.05, 0) is 60.5 Å². The Labute approximate surface area is 104 Å². The molecule has 0 unspecified atom stereocenters. The van der Waals surface area contributed by atoms with Crippen molar-refractivity contribution in [2.45, 2.75) is 37.3 Å². The van der Waals surface area contributed by atoms with Crippen molar-refractivity contribution in [1.82, 2.24) is 9.88 Å². The van der Waals surface area contributed by atoms with E-state index >= 15 is 0 Å². The third-order valence-corrected chi connectivity index (χ3v) is 4.70. The number of aromatic nitrogens is 1. The minimum atomic E-state index is 0.734. The van der Waals surface area contributed by atoms with E-state index in [1.807, 2.05) is 0 Å². The molecular formula is C12H15IN2. The molecule has 0 N–H and O–H groups in total. The fourth-order valence-corrected chi connectivity index (χ4v) is 3.54. The average Bonchev–Trinajstić information content (AvgIpc) is 2.75. The molecule has 2 saturated heterocycles. The lowest BCUT2D eigenvalue weighted by molar-refractivity contribution is 0.307. The number of halogens is 1. The molecule has 2 bridgehead atoms. The summed E-state index contributed by atoms with van der Waals surface area (Å²) < 4.78 is 1.09. The Kier molecular flexibility index (Phi) is 2.47. The van der Waals surface area contributed by atoms with Crippen molar-refractivity contribution in [1.29, 1.82) is 0 Å². The molecule has 3 rings (SSSR count). The van der Waals surface area contributed by atoms with Gasteiger partial charge in [-0.1, -0.05) is 6.07 Å². The number of likely N-dealkylation sites (N-methyl/N-ethyl adjacent to an activating group) is 1. The summed E-state index contributed by atoms with van der Waals surface area (Å²) >= 11 is 2.27. The predicted octanol–water partition coefficient (Wildman–Crippen LogP) is 2.64. The number of hydrogen-bond donors (Lipinski definition) is 0. The van der Waals surface area contributed by atoms with Crippen LogP contribution in [0.25, 0.3) is 0 Å². The molecule has 3 heteroatoms. The molecule has 2 aliphatic heterocycles. The minimum Gasteiger partial charge on any atom is -0.300 e. The first-order valence-corrected chi connectivity index (χ1v) is 6.67. The van der Waals surface area contributed by atoms with Gasteiger partial charge in [0.05, 0.1) is 0 Å². The minimum absolute atomic E-state index is 0.734. The molecule has 0 aliphatic carbocycles. The molecule has 2 aliphatic rings. The zero-order valence-corrected chi connectivity index (χ0v) is 11.0. The van der Waals surface area contributed by atoms with Crippen LogP contribution in [-0.2, 0) is 0 Å². The van der Waals surface area contributed by atoms with Crippen molar-refractivity contribution < 1.29 is 0 Å². The maximum absolute atomic E-state index is 4.40. The summed E-state index contributed by atoms with van der Waals surface area (Å²) in [7, 11) is 2.28. The van der Waals surface area contributed by atoms with E-state index in [1.165, 1.54) is 24.8 Å². The summed E-state index contributed by atoms with van der Waals surface area (Å²) in [6, 6.07) is 5.99. The van der Waals surface area contributed by atoms with Gasteiger partial charge in [-0.3, -0.25) is 9.88 Å². The highest BCUT2D eigenvalue weighted by Crippen LogP contribution is 2.45. The number of rotatable bonds is 1. The third kappa shape index (κ3) is 1.60. The predicted molar refractivity (Wildman–Crippen MR) is 68.9 cm³/mol. The molecule has 0 spiro atoms. The molecule has 0 amide bonds. The molecule has 80 valence electrons. The van der Waals surface area contributed by atoms with Crippen LogP contribution in [0.2, 0.25) is 0 Å². The molecule has 1 aromatic rings. The van der Waals surface area contributed by atoms with Crippen LogP contribution in [0.15, 0.2) is 18.3 Å². The van der Waals surface area contributed by atoms with E-state index in [2.05, 4.69) is 57.9 Å². The lowest BCUT2D eigenvalue weighted by Gasteiger charge is -2.21. The highest BCUT2D eigenvalue weighted by atomic mass is 127. The van der Waals surface area contributed by atoms with Gasteiger partial charge in [0.25, 0.3) is 0 Å². The van der Waals surface area contributed by atoms with Gasteiger partial charge in [-0.15, -0.1) is 0 Å². The summed E-state index contributed by atoms with van der Waals surface area (Å²) in [6.45, 7) is 0. The summed E-state index contributed by atoms with van der Waals surface area (Å²) in [5.74, 6) is 0.734. The molecule has 15 heavy (non-hydrogen) atoms. The number of fused-ring (bicyclic) bond motifs is 2. The second-order valence-corrected chi connectivity index (χ2v) is 5.83. The summed E-state index contributed by atoms with van der Waals surface area (Å²) in [5, 5.41) is 0. The van der Waals surface area contributed by atoms with Crippen LogP contribution in [-0.4, -0.2) is 29.0 Å². The van der Waals surface area contributed by atoms with E-state index in [0.717, 1.165) is 21.7 Å². The molecule has 2 fully saturated rings. The molecule has 0 aromatic carbocycles. The Morgan fingerprint density at radius 1 is 1.40 bits per heavy atom. The van der Waals surface area contributed by atoms with Gasteiger partial charge in [0.1, 0.15) is 3.70 Å². The van der Waals surface area contributed by atoms with E-state index in [1.54, 1.807) is 0 Å². The average molecular weight is 314 g/mol. The van der Waals surface area contributed by atoms with E-state index in [9.17, 15) is 0 Å². The molecule has 0 saturated carbocycles. The smallest absolute Gasteiger partial charge is 0.101 e. The standard InChI is InChI=1S/C12H15IN2/c1-15-9-3-4-11(15)10(6-9)8-2-5-12(13)14-7-8/h2,5,7,9-11H,3-4,6H2,1H3/t9-,10+,11+/m1/s1. The first kappa shape index (κ1) is 10.0. The molecular weight excluding hydrogens is 299 g/mol. The highest BCUT2D eigenvalue weighted by molar-refractivity contribution is 14.1. The van der Waals surface area contributed by atoms with Crippen LogP contribution in [0.4, 0.5) is 0 Å². The van der Waals surface area contributed by atoms with E-state index in [4.69, 9.17) is 0 Å². The maximum Gasteiger partial charge on any atom is 0.101 e.